The Labute approximate surface area is 156 Å². The molecule has 1 aromatic carbocycles. The van der Waals surface area contributed by atoms with Gasteiger partial charge in [0, 0.05) is 6.54 Å². The number of carboxylic acid groups (broad SMARTS) is 1. The van der Waals surface area contributed by atoms with E-state index in [0.717, 1.165) is 16.9 Å². The molecule has 0 bridgehead atoms. The fourth-order valence-corrected chi connectivity index (χ4v) is 3.20. The number of aromatic nitrogens is 1. The first kappa shape index (κ1) is 19.7. The molecule has 0 aliphatic heterocycles. The largest absolute Gasteiger partial charge is 0.493 e. The molecular formula is C18H22N2O5S. The summed E-state index contributed by atoms with van der Waals surface area (Å²) in [6.07, 6.45) is 0.0803. The second-order valence-corrected chi connectivity index (χ2v) is 7.02. The Hall–Kier alpha value is -2.61. The fraction of sp³-hybridized carbons (Fsp3) is 0.389. The van der Waals surface area contributed by atoms with Crippen LogP contribution in [0.3, 0.4) is 0 Å². The summed E-state index contributed by atoms with van der Waals surface area (Å²) in [5.41, 5.74) is 1.30. The molecule has 140 valence electrons. The summed E-state index contributed by atoms with van der Waals surface area (Å²) in [5.74, 6) is 0.00348. The van der Waals surface area contributed by atoms with Crippen molar-refractivity contribution in [1.29, 1.82) is 0 Å². The highest BCUT2D eigenvalue weighted by Crippen LogP contribution is 2.29. The minimum Gasteiger partial charge on any atom is -0.493 e. The third kappa shape index (κ3) is 5.19. The molecule has 8 heteroatoms. The zero-order chi connectivity index (χ0) is 19.3. The lowest BCUT2D eigenvalue weighted by molar-refractivity contribution is -0.120. The molecule has 2 aromatic rings. The topological polar surface area (TPSA) is 97.8 Å². The van der Waals surface area contributed by atoms with Crippen LogP contribution in [0.1, 0.15) is 39.8 Å². The molecular weight excluding hydrogens is 356 g/mol. The van der Waals surface area contributed by atoms with Gasteiger partial charge in [0.05, 0.1) is 25.3 Å². The molecule has 0 aliphatic carbocycles. The molecule has 0 unspecified atom stereocenters. The van der Waals surface area contributed by atoms with Gasteiger partial charge in [0.15, 0.2) is 11.5 Å². The van der Waals surface area contributed by atoms with Crippen molar-refractivity contribution in [2.75, 3.05) is 7.11 Å². The van der Waals surface area contributed by atoms with E-state index < -0.39 is 5.97 Å². The van der Waals surface area contributed by atoms with Gasteiger partial charge in [-0.25, -0.2) is 9.78 Å². The van der Waals surface area contributed by atoms with E-state index in [1.54, 1.807) is 14.0 Å². The van der Waals surface area contributed by atoms with Gasteiger partial charge in [-0.05, 0) is 38.5 Å². The maximum Gasteiger partial charge on any atom is 0.347 e. The van der Waals surface area contributed by atoms with Crippen LogP contribution in [-0.2, 0) is 17.8 Å². The van der Waals surface area contributed by atoms with Crippen LogP contribution in [0.5, 0.6) is 11.5 Å². The Morgan fingerprint density at radius 3 is 2.62 bits per heavy atom. The van der Waals surface area contributed by atoms with E-state index in [1.807, 2.05) is 32.0 Å². The smallest absolute Gasteiger partial charge is 0.347 e. The van der Waals surface area contributed by atoms with Gasteiger partial charge in [-0.2, -0.15) is 0 Å². The molecule has 7 nitrogen and oxygen atoms in total. The molecule has 1 heterocycles. The van der Waals surface area contributed by atoms with Gasteiger partial charge >= 0.3 is 5.97 Å². The number of nitrogens with one attached hydrogen (secondary N) is 1. The molecule has 0 radical (unpaired) electrons. The monoisotopic (exact) mass is 378 g/mol. The van der Waals surface area contributed by atoms with Gasteiger partial charge < -0.3 is 19.9 Å². The fourth-order valence-electron chi connectivity index (χ4n) is 2.30. The number of amides is 1. The van der Waals surface area contributed by atoms with Crippen molar-refractivity contribution in [2.24, 2.45) is 0 Å². The van der Waals surface area contributed by atoms with Crippen molar-refractivity contribution >= 4 is 23.2 Å². The van der Waals surface area contributed by atoms with Crippen LogP contribution in [0, 0.1) is 6.92 Å². The minimum atomic E-state index is -1.03. The Morgan fingerprint density at radius 2 is 2.04 bits per heavy atom. The number of carbonyl (C=O) groups excluding carboxylic acids is 1. The predicted octanol–water partition coefficient (Wildman–Crippen LogP) is 2.80. The maximum atomic E-state index is 12.1. The summed E-state index contributed by atoms with van der Waals surface area (Å²) in [6, 6.07) is 5.48. The molecule has 1 aromatic heterocycles. The molecule has 0 fully saturated rings. The SMILES string of the molecule is COc1cc(CNC(=O)Cc2nc(C)c(C(=O)O)s2)ccc1OC(C)C. The van der Waals surface area contributed by atoms with E-state index in [9.17, 15) is 9.59 Å². The zero-order valence-electron chi connectivity index (χ0n) is 15.2. The highest BCUT2D eigenvalue weighted by atomic mass is 32.1. The zero-order valence-corrected chi connectivity index (χ0v) is 16.0. The number of thiazole rings is 1. The van der Waals surface area contributed by atoms with Gasteiger partial charge in [0.2, 0.25) is 5.91 Å². The predicted molar refractivity (Wildman–Crippen MR) is 98.1 cm³/mol. The van der Waals surface area contributed by atoms with Crippen LogP contribution in [0.2, 0.25) is 0 Å². The standard InChI is InChI=1S/C18H22N2O5S/c1-10(2)25-13-6-5-12(7-14(13)24-4)9-19-15(21)8-16-20-11(3)17(26-16)18(22)23/h5-7,10H,8-9H2,1-4H3,(H,19,21)(H,22,23). The van der Waals surface area contributed by atoms with Crippen molar-refractivity contribution in [3.8, 4) is 11.5 Å². The van der Waals surface area contributed by atoms with E-state index in [1.165, 1.54) is 0 Å². The number of aromatic carboxylic acids is 1. The molecule has 0 atom stereocenters. The number of rotatable bonds is 8. The molecule has 2 rings (SSSR count). The van der Waals surface area contributed by atoms with Crippen LogP contribution >= 0.6 is 11.3 Å². The van der Waals surface area contributed by atoms with Crippen molar-refractivity contribution in [2.45, 2.75) is 39.8 Å². The second kappa shape index (κ2) is 8.66. The number of nitrogens with zero attached hydrogens (tertiary/aromatic N) is 1. The van der Waals surface area contributed by atoms with Crippen LogP contribution < -0.4 is 14.8 Å². The molecule has 0 aliphatic rings. The summed E-state index contributed by atoms with van der Waals surface area (Å²) in [4.78, 5) is 27.4. The normalized spacial score (nSPS) is 10.7. The summed E-state index contributed by atoms with van der Waals surface area (Å²) in [7, 11) is 1.57. The lowest BCUT2D eigenvalue weighted by Gasteiger charge is -2.14. The van der Waals surface area contributed by atoms with Gasteiger partial charge in [-0.15, -0.1) is 11.3 Å². The third-order valence-corrected chi connectivity index (χ3v) is 4.57. The second-order valence-electron chi connectivity index (χ2n) is 5.93. The van der Waals surface area contributed by atoms with Gasteiger partial charge in [0.25, 0.3) is 0 Å². The number of carbonyl (C=O) groups is 2. The maximum absolute atomic E-state index is 12.1. The van der Waals surface area contributed by atoms with Crippen LogP contribution in [0.25, 0.3) is 0 Å². The summed E-state index contributed by atoms with van der Waals surface area (Å²) in [6.45, 7) is 5.81. The third-order valence-electron chi connectivity index (χ3n) is 3.43. The quantitative estimate of drug-likeness (QED) is 0.733. The molecule has 0 spiro atoms. The summed E-state index contributed by atoms with van der Waals surface area (Å²) < 4.78 is 11.0. The molecule has 1 amide bonds. The first-order valence-corrected chi connectivity index (χ1v) is 8.91. The van der Waals surface area contributed by atoms with Gasteiger partial charge in [0.1, 0.15) is 9.88 Å². The number of hydrogen-bond acceptors (Lipinski definition) is 6. The van der Waals surface area contributed by atoms with Crippen molar-refractivity contribution in [3.63, 3.8) is 0 Å². The van der Waals surface area contributed by atoms with Crippen LogP contribution in [0.15, 0.2) is 18.2 Å². The van der Waals surface area contributed by atoms with Crippen molar-refractivity contribution in [3.05, 3.63) is 39.3 Å². The average molecular weight is 378 g/mol. The average Bonchev–Trinajstić information content (AvgIpc) is 2.94. The first-order valence-electron chi connectivity index (χ1n) is 8.10. The Kier molecular flexibility index (Phi) is 6.57. The van der Waals surface area contributed by atoms with Crippen molar-refractivity contribution < 1.29 is 24.2 Å². The number of carboxylic acids is 1. The Bertz CT molecular complexity index is 801. The number of hydrogen-bond donors (Lipinski definition) is 2. The number of ether oxygens (including phenoxy) is 2. The highest BCUT2D eigenvalue weighted by Gasteiger charge is 2.16. The minimum absolute atomic E-state index is 0.0342. The summed E-state index contributed by atoms with van der Waals surface area (Å²) in [5, 5.41) is 12.3. The number of methoxy groups -OCH3 is 1. The lowest BCUT2D eigenvalue weighted by Crippen LogP contribution is -2.24. The van der Waals surface area contributed by atoms with E-state index in [2.05, 4.69) is 10.3 Å². The lowest BCUT2D eigenvalue weighted by atomic mass is 10.2. The van der Waals surface area contributed by atoms with E-state index in [-0.39, 0.29) is 23.3 Å². The highest BCUT2D eigenvalue weighted by molar-refractivity contribution is 7.13. The summed E-state index contributed by atoms with van der Waals surface area (Å²) >= 11 is 1.02. The Morgan fingerprint density at radius 1 is 1.31 bits per heavy atom. The molecule has 2 N–H and O–H groups in total. The number of benzene rings is 1. The molecule has 0 saturated carbocycles. The molecule has 26 heavy (non-hydrogen) atoms. The number of aryl methyl sites for hydroxylation is 1. The van der Waals surface area contributed by atoms with Gasteiger partial charge in [-0.1, -0.05) is 6.07 Å². The van der Waals surface area contributed by atoms with Crippen LogP contribution in [-0.4, -0.2) is 35.2 Å². The van der Waals surface area contributed by atoms with E-state index >= 15 is 0 Å². The van der Waals surface area contributed by atoms with Crippen molar-refractivity contribution in [1.82, 2.24) is 10.3 Å². The van der Waals surface area contributed by atoms with Gasteiger partial charge in [-0.3, -0.25) is 4.79 Å². The molecule has 0 saturated heterocycles. The van der Waals surface area contributed by atoms with E-state index in [0.29, 0.717) is 28.7 Å². The van der Waals surface area contributed by atoms with Crippen LogP contribution in [0.4, 0.5) is 0 Å². The van der Waals surface area contributed by atoms with E-state index in [4.69, 9.17) is 14.6 Å². The first-order chi connectivity index (χ1) is 12.3. The Balaban J connectivity index is 1.96.